The highest BCUT2D eigenvalue weighted by Gasteiger charge is 2.34. The number of likely N-dealkylation sites (tertiary alicyclic amines) is 1. The second-order valence-corrected chi connectivity index (χ2v) is 5.47. The number of hydrogen-bond donors (Lipinski definition) is 1. The van der Waals surface area contributed by atoms with Gasteiger partial charge in [0.1, 0.15) is 0 Å². The largest absolute Gasteiger partial charge is 0.417 e. The van der Waals surface area contributed by atoms with E-state index in [2.05, 4.69) is 17.1 Å². The Hall–Kier alpha value is -0.940. The Bertz CT molecular complexity index is 452. The first-order valence-corrected chi connectivity index (χ1v) is 6.48. The lowest BCUT2D eigenvalue weighted by Crippen LogP contribution is -2.25. The molecule has 1 heterocycles. The zero-order valence-electron chi connectivity index (χ0n) is 10.8. The molecule has 1 saturated heterocycles. The monoisotopic (exact) mass is 292 g/mol. The normalized spacial score (nSPS) is 24.7. The van der Waals surface area contributed by atoms with Gasteiger partial charge in [-0.3, -0.25) is 0 Å². The van der Waals surface area contributed by atoms with Crippen LogP contribution < -0.4 is 5.32 Å². The molecule has 1 N–H and O–H groups in total. The predicted molar refractivity (Wildman–Crippen MR) is 70.6 cm³/mol. The van der Waals surface area contributed by atoms with Crippen molar-refractivity contribution in [3.05, 3.63) is 28.8 Å². The summed E-state index contributed by atoms with van der Waals surface area (Å²) >= 11 is 5.59. The molecule has 2 rings (SSSR count). The summed E-state index contributed by atoms with van der Waals surface area (Å²) in [6.45, 7) is 2.93. The quantitative estimate of drug-likeness (QED) is 0.890. The molecule has 1 aromatic rings. The van der Waals surface area contributed by atoms with Crippen LogP contribution in [0.5, 0.6) is 0 Å². The van der Waals surface area contributed by atoms with Crippen molar-refractivity contribution in [2.24, 2.45) is 0 Å². The van der Waals surface area contributed by atoms with Crippen molar-refractivity contribution in [2.45, 2.75) is 31.6 Å². The van der Waals surface area contributed by atoms with Gasteiger partial charge < -0.3 is 10.2 Å². The van der Waals surface area contributed by atoms with Gasteiger partial charge in [-0.1, -0.05) is 11.6 Å². The van der Waals surface area contributed by atoms with Gasteiger partial charge in [0.05, 0.1) is 10.6 Å². The molecule has 0 aliphatic carbocycles. The molecule has 2 atom stereocenters. The van der Waals surface area contributed by atoms with Gasteiger partial charge in [-0.05, 0) is 38.6 Å². The van der Waals surface area contributed by atoms with Crippen molar-refractivity contribution in [3.8, 4) is 0 Å². The summed E-state index contributed by atoms with van der Waals surface area (Å²) < 4.78 is 38.2. The average Bonchev–Trinajstić information content (AvgIpc) is 2.59. The van der Waals surface area contributed by atoms with Gasteiger partial charge in [-0.15, -0.1) is 0 Å². The molecule has 0 bridgehead atoms. The number of nitrogens with one attached hydrogen (secondary N) is 1. The van der Waals surface area contributed by atoms with E-state index in [4.69, 9.17) is 11.6 Å². The third-order valence-electron chi connectivity index (χ3n) is 3.53. The fourth-order valence-electron chi connectivity index (χ4n) is 2.37. The zero-order valence-corrected chi connectivity index (χ0v) is 11.5. The molecule has 0 aromatic heterocycles. The van der Waals surface area contributed by atoms with Crippen LogP contribution in [-0.4, -0.2) is 30.6 Å². The fourth-order valence-corrected chi connectivity index (χ4v) is 2.59. The van der Waals surface area contributed by atoms with Gasteiger partial charge >= 0.3 is 6.18 Å². The topological polar surface area (TPSA) is 15.3 Å². The lowest BCUT2D eigenvalue weighted by Gasteiger charge is -2.16. The van der Waals surface area contributed by atoms with Gasteiger partial charge in [0.15, 0.2) is 0 Å². The van der Waals surface area contributed by atoms with E-state index >= 15 is 0 Å². The molecule has 2 nitrogen and oxygen atoms in total. The Morgan fingerprint density at radius 2 is 2.05 bits per heavy atom. The minimum absolute atomic E-state index is 0.169. The van der Waals surface area contributed by atoms with Gasteiger partial charge in [0.2, 0.25) is 0 Å². The minimum Gasteiger partial charge on any atom is -0.381 e. The van der Waals surface area contributed by atoms with Gasteiger partial charge in [0, 0.05) is 24.3 Å². The fraction of sp³-hybridized carbons (Fsp3) is 0.538. The van der Waals surface area contributed by atoms with Crippen LogP contribution >= 0.6 is 11.6 Å². The first-order chi connectivity index (χ1) is 8.77. The van der Waals surface area contributed by atoms with E-state index in [9.17, 15) is 13.2 Å². The van der Waals surface area contributed by atoms with Crippen LogP contribution in [0, 0.1) is 0 Å². The van der Waals surface area contributed by atoms with Crippen molar-refractivity contribution in [1.82, 2.24) is 4.90 Å². The molecule has 6 heteroatoms. The maximum atomic E-state index is 12.7. The molecule has 2 unspecified atom stereocenters. The molecular formula is C13H16ClF3N2. The van der Waals surface area contributed by atoms with Crippen LogP contribution in [0.15, 0.2) is 18.2 Å². The first kappa shape index (κ1) is 14.5. The Labute approximate surface area is 115 Å². The van der Waals surface area contributed by atoms with Crippen LogP contribution in [-0.2, 0) is 6.18 Å². The molecule has 1 fully saturated rings. The molecule has 0 spiro atoms. The van der Waals surface area contributed by atoms with E-state index in [0.717, 1.165) is 19.0 Å². The van der Waals surface area contributed by atoms with E-state index in [-0.39, 0.29) is 11.1 Å². The van der Waals surface area contributed by atoms with E-state index in [1.54, 1.807) is 6.07 Å². The van der Waals surface area contributed by atoms with Gasteiger partial charge in [-0.25, -0.2) is 0 Å². The molecule has 1 aromatic carbocycles. The smallest absolute Gasteiger partial charge is 0.381 e. The Kier molecular flexibility index (Phi) is 3.97. The predicted octanol–water partition coefficient (Wildman–Crippen LogP) is 3.86. The van der Waals surface area contributed by atoms with E-state index in [1.165, 1.54) is 6.07 Å². The molecule has 0 saturated carbocycles. The summed E-state index contributed by atoms with van der Waals surface area (Å²) in [5.41, 5.74) is -0.331. The summed E-state index contributed by atoms with van der Waals surface area (Å²) in [5.74, 6) is 0. The molecule has 0 amide bonds. The SMILES string of the molecule is CC1CC(Nc2ccc(Cl)c(C(F)(F)F)c2)CN1C. The summed E-state index contributed by atoms with van der Waals surface area (Å²) in [7, 11) is 2.01. The number of nitrogens with zero attached hydrogens (tertiary/aromatic N) is 1. The lowest BCUT2D eigenvalue weighted by atomic mass is 10.1. The number of likely N-dealkylation sites (N-methyl/N-ethyl adjacent to an activating group) is 1. The summed E-state index contributed by atoms with van der Waals surface area (Å²) in [4.78, 5) is 2.18. The standard InChI is InChI=1S/C13H16ClF3N2/c1-8-5-10(7-19(8)2)18-9-3-4-12(14)11(6-9)13(15,16)17/h3-4,6,8,10,18H,5,7H2,1-2H3. The molecule has 19 heavy (non-hydrogen) atoms. The second kappa shape index (κ2) is 5.21. The number of alkyl halides is 3. The van der Waals surface area contributed by atoms with Crippen molar-refractivity contribution < 1.29 is 13.2 Å². The van der Waals surface area contributed by atoms with Crippen LogP contribution in [0.3, 0.4) is 0 Å². The number of anilines is 1. The van der Waals surface area contributed by atoms with Crippen molar-refractivity contribution in [2.75, 3.05) is 18.9 Å². The highest BCUT2D eigenvalue weighted by molar-refractivity contribution is 6.31. The Morgan fingerprint density at radius 3 is 2.58 bits per heavy atom. The molecule has 0 radical (unpaired) electrons. The van der Waals surface area contributed by atoms with E-state index < -0.39 is 11.7 Å². The van der Waals surface area contributed by atoms with Gasteiger partial charge in [-0.2, -0.15) is 13.2 Å². The maximum Gasteiger partial charge on any atom is 0.417 e. The lowest BCUT2D eigenvalue weighted by molar-refractivity contribution is -0.137. The van der Waals surface area contributed by atoms with E-state index in [0.29, 0.717) is 11.7 Å². The molecule has 1 aliphatic rings. The van der Waals surface area contributed by atoms with Crippen LogP contribution in [0.4, 0.5) is 18.9 Å². The zero-order chi connectivity index (χ0) is 14.2. The number of benzene rings is 1. The summed E-state index contributed by atoms with van der Waals surface area (Å²) in [5, 5.41) is 2.87. The number of rotatable bonds is 2. The summed E-state index contributed by atoms with van der Waals surface area (Å²) in [6.07, 6.45) is -3.50. The Balaban J connectivity index is 2.14. The summed E-state index contributed by atoms with van der Waals surface area (Å²) in [6, 6.07) is 4.55. The second-order valence-electron chi connectivity index (χ2n) is 5.06. The number of halogens is 4. The molecule has 106 valence electrons. The van der Waals surface area contributed by atoms with Crippen molar-refractivity contribution in [3.63, 3.8) is 0 Å². The van der Waals surface area contributed by atoms with Crippen LogP contribution in [0.1, 0.15) is 18.9 Å². The van der Waals surface area contributed by atoms with Crippen LogP contribution in [0.25, 0.3) is 0 Å². The highest BCUT2D eigenvalue weighted by atomic mass is 35.5. The van der Waals surface area contributed by atoms with Crippen molar-refractivity contribution >= 4 is 17.3 Å². The first-order valence-electron chi connectivity index (χ1n) is 6.11. The number of hydrogen-bond acceptors (Lipinski definition) is 2. The van der Waals surface area contributed by atoms with Gasteiger partial charge in [0.25, 0.3) is 0 Å². The highest BCUT2D eigenvalue weighted by Crippen LogP contribution is 2.36. The Morgan fingerprint density at radius 1 is 1.37 bits per heavy atom. The third-order valence-corrected chi connectivity index (χ3v) is 3.86. The van der Waals surface area contributed by atoms with Crippen molar-refractivity contribution in [1.29, 1.82) is 0 Å². The van der Waals surface area contributed by atoms with E-state index in [1.807, 2.05) is 7.05 Å². The average molecular weight is 293 g/mol. The molecule has 1 aliphatic heterocycles. The minimum atomic E-state index is -4.42. The molecular weight excluding hydrogens is 277 g/mol. The maximum absolute atomic E-state index is 12.7. The third kappa shape index (κ3) is 3.34. The van der Waals surface area contributed by atoms with Crippen LogP contribution in [0.2, 0.25) is 5.02 Å².